The molecule has 2 N–H and O–H groups in total. The SMILES string of the molecule is NCc1cccn2cc(-c3cccnc3)nc12. The highest BCUT2D eigenvalue weighted by Crippen LogP contribution is 2.19. The zero-order valence-electron chi connectivity index (χ0n) is 9.24. The van der Waals surface area contributed by atoms with Gasteiger partial charge >= 0.3 is 0 Å². The average molecular weight is 224 g/mol. The zero-order chi connectivity index (χ0) is 11.7. The Morgan fingerprint density at radius 1 is 1.24 bits per heavy atom. The van der Waals surface area contributed by atoms with Crippen molar-refractivity contribution in [2.75, 3.05) is 0 Å². The van der Waals surface area contributed by atoms with Gasteiger partial charge in [-0.25, -0.2) is 4.98 Å². The molecular formula is C13H12N4. The lowest BCUT2D eigenvalue weighted by atomic mass is 10.2. The maximum Gasteiger partial charge on any atom is 0.141 e. The second kappa shape index (κ2) is 3.99. The van der Waals surface area contributed by atoms with Crippen LogP contribution in [0.2, 0.25) is 0 Å². The molecule has 4 nitrogen and oxygen atoms in total. The van der Waals surface area contributed by atoms with Gasteiger partial charge in [-0.3, -0.25) is 4.98 Å². The first-order valence-electron chi connectivity index (χ1n) is 5.45. The van der Waals surface area contributed by atoms with Crippen molar-refractivity contribution in [2.45, 2.75) is 6.54 Å². The molecule has 0 aliphatic rings. The monoisotopic (exact) mass is 224 g/mol. The maximum absolute atomic E-state index is 5.70. The van der Waals surface area contributed by atoms with Crippen LogP contribution in [0.5, 0.6) is 0 Å². The largest absolute Gasteiger partial charge is 0.326 e. The Labute approximate surface area is 98.8 Å². The summed E-state index contributed by atoms with van der Waals surface area (Å²) in [6.07, 6.45) is 7.53. The molecule has 0 aromatic carbocycles. The normalized spacial score (nSPS) is 10.9. The minimum Gasteiger partial charge on any atom is -0.326 e. The maximum atomic E-state index is 5.70. The minimum atomic E-state index is 0.494. The average Bonchev–Trinajstić information content (AvgIpc) is 2.83. The van der Waals surface area contributed by atoms with Crippen molar-refractivity contribution in [3.05, 3.63) is 54.6 Å². The van der Waals surface area contributed by atoms with Crippen molar-refractivity contribution in [3.8, 4) is 11.3 Å². The van der Waals surface area contributed by atoms with E-state index in [4.69, 9.17) is 5.73 Å². The Kier molecular flexibility index (Phi) is 2.34. The highest BCUT2D eigenvalue weighted by atomic mass is 15.0. The van der Waals surface area contributed by atoms with Crippen molar-refractivity contribution >= 4 is 5.65 Å². The molecule has 0 bridgehead atoms. The van der Waals surface area contributed by atoms with E-state index in [9.17, 15) is 0 Å². The summed E-state index contributed by atoms with van der Waals surface area (Å²) < 4.78 is 1.99. The Bertz CT molecular complexity index is 643. The summed E-state index contributed by atoms with van der Waals surface area (Å²) in [4.78, 5) is 8.70. The number of rotatable bonds is 2. The fraction of sp³-hybridized carbons (Fsp3) is 0.0769. The number of hydrogen-bond acceptors (Lipinski definition) is 3. The first kappa shape index (κ1) is 9.99. The molecule has 3 aromatic rings. The highest BCUT2D eigenvalue weighted by molar-refractivity contribution is 5.63. The van der Waals surface area contributed by atoms with Gasteiger partial charge in [-0.15, -0.1) is 0 Å². The third kappa shape index (κ3) is 1.68. The molecule has 17 heavy (non-hydrogen) atoms. The second-order valence-corrected chi connectivity index (χ2v) is 3.84. The molecule has 3 rings (SSSR count). The van der Waals surface area contributed by atoms with Crippen molar-refractivity contribution < 1.29 is 0 Å². The van der Waals surface area contributed by atoms with E-state index >= 15 is 0 Å². The van der Waals surface area contributed by atoms with Gasteiger partial charge in [-0.2, -0.15) is 0 Å². The number of imidazole rings is 1. The van der Waals surface area contributed by atoms with E-state index in [0.717, 1.165) is 22.5 Å². The van der Waals surface area contributed by atoms with E-state index in [1.165, 1.54) is 0 Å². The molecular weight excluding hydrogens is 212 g/mol. The number of aromatic nitrogens is 3. The summed E-state index contributed by atoms with van der Waals surface area (Å²) in [5.41, 5.74) is 9.58. The molecule has 0 spiro atoms. The van der Waals surface area contributed by atoms with Gasteiger partial charge in [0.2, 0.25) is 0 Å². The number of hydrogen-bond donors (Lipinski definition) is 1. The van der Waals surface area contributed by atoms with Crippen LogP contribution in [-0.4, -0.2) is 14.4 Å². The fourth-order valence-corrected chi connectivity index (χ4v) is 1.88. The fourth-order valence-electron chi connectivity index (χ4n) is 1.88. The van der Waals surface area contributed by atoms with Crippen molar-refractivity contribution in [3.63, 3.8) is 0 Å². The van der Waals surface area contributed by atoms with Gasteiger partial charge in [-0.1, -0.05) is 6.07 Å². The summed E-state index contributed by atoms with van der Waals surface area (Å²) in [5, 5.41) is 0. The van der Waals surface area contributed by atoms with Crippen molar-refractivity contribution in [1.29, 1.82) is 0 Å². The van der Waals surface area contributed by atoms with Gasteiger partial charge in [0.15, 0.2) is 0 Å². The quantitative estimate of drug-likeness (QED) is 0.722. The van der Waals surface area contributed by atoms with Gasteiger partial charge in [0.05, 0.1) is 5.69 Å². The topological polar surface area (TPSA) is 56.2 Å². The molecule has 3 heterocycles. The molecule has 0 radical (unpaired) electrons. The third-order valence-electron chi connectivity index (χ3n) is 2.74. The van der Waals surface area contributed by atoms with Gasteiger partial charge < -0.3 is 10.1 Å². The summed E-state index contributed by atoms with van der Waals surface area (Å²) in [6, 6.07) is 7.87. The standard InChI is InChI=1S/C13H12N4/c14-7-10-4-2-6-17-9-12(16-13(10)17)11-3-1-5-15-8-11/h1-6,8-9H,7,14H2. The van der Waals surface area contributed by atoms with Crippen LogP contribution in [0, 0.1) is 0 Å². The lowest BCUT2D eigenvalue weighted by molar-refractivity contribution is 1.04. The molecule has 3 aromatic heterocycles. The zero-order valence-corrected chi connectivity index (χ0v) is 9.24. The molecule has 0 amide bonds. The molecule has 0 aliphatic carbocycles. The van der Waals surface area contributed by atoms with Crippen molar-refractivity contribution in [2.24, 2.45) is 5.73 Å². The van der Waals surface area contributed by atoms with Crippen LogP contribution in [0.15, 0.2) is 49.1 Å². The molecule has 0 fully saturated rings. The van der Waals surface area contributed by atoms with Gasteiger partial charge in [0.1, 0.15) is 5.65 Å². The lowest BCUT2D eigenvalue weighted by Gasteiger charge is -1.97. The Hall–Kier alpha value is -2.20. The van der Waals surface area contributed by atoms with E-state index < -0.39 is 0 Å². The highest BCUT2D eigenvalue weighted by Gasteiger charge is 2.06. The Balaban J connectivity index is 2.20. The lowest BCUT2D eigenvalue weighted by Crippen LogP contribution is -1.99. The first-order valence-corrected chi connectivity index (χ1v) is 5.45. The number of pyridine rings is 2. The number of nitrogens with two attached hydrogens (primary N) is 1. The van der Waals surface area contributed by atoms with Crippen LogP contribution >= 0.6 is 0 Å². The second-order valence-electron chi connectivity index (χ2n) is 3.84. The first-order chi connectivity index (χ1) is 8.38. The predicted molar refractivity (Wildman–Crippen MR) is 66.3 cm³/mol. The van der Waals surface area contributed by atoms with Gasteiger partial charge in [-0.05, 0) is 18.2 Å². The van der Waals surface area contributed by atoms with Crippen LogP contribution < -0.4 is 5.73 Å². The number of nitrogens with zero attached hydrogens (tertiary/aromatic N) is 3. The summed E-state index contributed by atoms with van der Waals surface area (Å²) >= 11 is 0. The van der Waals surface area contributed by atoms with Crippen LogP contribution in [0.1, 0.15) is 5.56 Å². The molecule has 0 saturated carbocycles. The van der Waals surface area contributed by atoms with E-state index in [1.54, 1.807) is 6.20 Å². The summed E-state index contributed by atoms with van der Waals surface area (Å²) in [7, 11) is 0. The van der Waals surface area contributed by atoms with E-state index in [-0.39, 0.29) is 0 Å². The molecule has 84 valence electrons. The Morgan fingerprint density at radius 3 is 2.94 bits per heavy atom. The van der Waals surface area contributed by atoms with Crippen molar-refractivity contribution in [1.82, 2.24) is 14.4 Å². The molecule has 0 atom stereocenters. The Morgan fingerprint density at radius 2 is 2.18 bits per heavy atom. The summed E-state index contributed by atoms with van der Waals surface area (Å²) in [5.74, 6) is 0. The predicted octanol–water partition coefficient (Wildman–Crippen LogP) is 1.85. The van der Waals surface area contributed by atoms with Crippen LogP contribution in [-0.2, 0) is 6.54 Å². The number of fused-ring (bicyclic) bond motifs is 1. The summed E-state index contributed by atoms with van der Waals surface area (Å²) in [6.45, 7) is 0.494. The molecule has 4 heteroatoms. The van der Waals surface area contributed by atoms with Gasteiger partial charge in [0, 0.05) is 42.5 Å². The van der Waals surface area contributed by atoms with Gasteiger partial charge in [0.25, 0.3) is 0 Å². The molecule has 0 saturated heterocycles. The van der Waals surface area contributed by atoms with E-state index in [2.05, 4.69) is 9.97 Å². The van der Waals surface area contributed by atoms with Crippen LogP contribution in [0.3, 0.4) is 0 Å². The molecule has 0 unspecified atom stereocenters. The molecule has 0 aliphatic heterocycles. The third-order valence-corrected chi connectivity index (χ3v) is 2.74. The smallest absolute Gasteiger partial charge is 0.141 e. The minimum absolute atomic E-state index is 0.494. The van der Waals surface area contributed by atoms with Crippen LogP contribution in [0.4, 0.5) is 0 Å². The van der Waals surface area contributed by atoms with E-state index in [1.807, 2.05) is 47.3 Å². The van der Waals surface area contributed by atoms with E-state index in [0.29, 0.717) is 6.54 Å². The van der Waals surface area contributed by atoms with Crippen LogP contribution in [0.25, 0.3) is 16.9 Å².